The maximum absolute atomic E-state index is 12.0. The molecule has 2 aliphatic heterocycles. The van der Waals surface area contributed by atoms with Gasteiger partial charge in [-0.15, -0.1) is 12.4 Å². The number of carbonyl (C=O) groups excluding carboxylic acids is 1. The topological polar surface area (TPSA) is 44.4 Å². The van der Waals surface area contributed by atoms with Crippen molar-refractivity contribution in [3.8, 4) is 0 Å². The molecule has 4 nitrogen and oxygen atoms in total. The average Bonchev–Trinajstić information content (AvgIpc) is 2.90. The minimum atomic E-state index is 0. The molecule has 0 spiro atoms. The lowest BCUT2D eigenvalue weighted by molar-refractivity contribution is 0.219. The number of nitrogens with one attached hydrogen (secondary N) is 2. The molecule has 0 bridgehead atoms. The van der Waals surface area contributed by atoms with E-state index in [-0.39, 0.29) is 18.4 Å². The summed E-state index contributed by atoms with van der Waals surface area (Å²) in [5.41, 5.74) is 0.868. The third kappa shape index (κ3) is 2.60. The van der Waals surface area contributed by atoms with Gasteiger partial charge in [-0.25, -0.2) is 4.79 Å². The molecule has 2 amide bonds. The molecule has 2 unspecified atom stereocenters. The quantitative estimate of drug-likeness (QED) is 0.815. The van der Waals surface area contributed by atoms with E-state index < -0.39 is 0 Å². The fraction of sp³-hybridized carbons (Fsp3) is 0.462. The lowest BCUT2D eigenvalue weighted by Crippen LogP contribution is -2.35. The fourth-order valence-electron chi connectivity index (χ4n) is 2.75. The van der Waals surface area contributed by atoms with Gasteiger partial charge in [-0.1, -0.05) is 18.2 Å². The molecule has 2 fully saturated rings. The zero-order chi connectivity index (χ0) is 11.7. The first-order chi connectivity index (χ1) is 8.33. The molecule has 18 heavy (non-hydrogen) atoms. The van der Waals surface area contributed by atoms with Crippen LogP contribution in [0, 0.1) is 11.8 Å². The van der Waals surface area contributed by atoms with Crippen LogP contribution in [-0.4, -0.2) is 37.1 Å². The Morgan fingerprint density at radius 1 is 1.17 bits per heavy atom. The second kappa shape index (κ2) is 5.59. The van der Waals surface area contributed by atoms with E-state index in [1.165, 1.54) is 0 Å². The summed E-state index contributed by atoms with van der Waals surface area (Å²) in [5, 5.41) is 6.31. The average molecular weight is 268 g/mol. The zero-order valence-electron chi connectivity index (χ0n) is 10.1. The fourth-order valence-corrected chi connectivity index (χ4v) is 2.75. The van der Waals surface area contributed by atoms with Gasteiger partial charge in [0, 0.05) is 31.9 Å². The largest absolute Gasteiger partial charge is 0.324 e. The Bertz CT molecular complexity index is 400. The van der Waals surface area contributed by atoms with Gasteiger partial charge in [-0.05, 0) is 24.0 Å². The number of amides is 2. The first kappa shape index (κ1) is 13.2. The number of rotatable bonds is 1. The van der Waals surface area contributed by atoms with E-state index in [2.05, 4.69) is 10.6 Å². The molecule has 2 saturated heterocycles. The highest BCUT2D eigenvalue weighted by Gasteiger charge is 2.37. The summed E-state index contributed by atoms with van der Waals surface area (Å²) in [6.07, 6.45) is 0. The third-order valence-corrected chi connectivity index (χ3v) is 3.70. The first-order valence-electron chi connectivity index (χ1n) is 6.14. The predicted molar refractivity (Wildman–Crippen MR) is 74.1 cm³/mol. The third-order valence-electron chi connectivity index (χ3n) is 3.70. The van der Waals surface area contributed by atoms with Crippen molar-refractivity contribution in [2.75, 3.05) is 31.5 Å². The van der Waals surface area contributed by atoms with Gasteiger partial charge < -0.3 is 15.5 Å². The van der Waals surface area contributed by atoms with E-state index in [4.69, 9.17) is 0 Å². The lowest BCUT2D eigenvalue weighted by Gasteiger charge is -2.18. The maximum Gasteiger partial charge on any atom is 0.321 e. The number of fused-ring (bicyclic) bond motifs is 1. The maximum atomic E-state index is 12.0. The minimum absolute atomic E-state index is 0. The number of urea groups is 1. The molecule has 5 heteroatoms. The van der Waals surface area contributed by atoms with Gasteiger partial charge in [0.2, 0.25) is 0 Å². The molecule has 1 aromatic carbocycles. The summed E-state index contributed by atoms with van der Waals surface area (Å²) in [6.45, 7) is 3.88. The van der Waals surface area contributed by atoms with Crippen LogP contribution in [0.15, 0.2) is 30.3 Å². The van der Waals surface area contributed by atoms with Crippen molar-refractivity contribution in [1.29, 1.82) is 0 Å². The molecule has 2 N–H and O–H groups in total. The zero-order valence-corrected chi connectivity index (χ0v) is 11.0. The molecule has 0 aliphatic carbocycles. The molecule has 98 valence electrons. The Labute approximate surface area is 113 Å². The molecule has 1 aromatic rings. The molecule has 2 heterocycles. The number of hydrogen-bond donors (Lipinski definition) is 2. The van der Waals surface area contributed by atoms with Crippen molar-refractivity contribution in [1.82, 2.24) is 10.2 Å². The number of carbonyl (C=O) groups is 1. The molecular weight excluding hydrogens is 250 g/mol. The van der Waals surface area contributed by atoms with Crippen LogP contribution in [0.3, 0.4) is 0 Å². The van der Waals surface area contributed by atoms with Crippen molar-refractivity contribution >= 4 is 24.1 Å². The summed E-state index contributed by atoms with van der Waals surface area (Å²) in [7, 11) is 0. The summed E-state index contributed by atoms with van der Waals surface area (Å²) in [4.78, 5) is 14.0. The van der Waals surface area contributed by atoms with Crippen LogP contribution in [0.25, 0.3) is 0 Å². The number of nitrogens with zero attached hydrogens (tertiary/aromatic N) is 1. The smallest absolute Gasteiger partial charge is 0.321 e. The van der Waals surface area contributed by atoms with Crippen molar-refractivity contribution < 1.29 is 4.79 Å². The lowest BCUT2D eigenvalue weighted by atomic mass is 10.0. The Morgan fingerprint density at radius 3 is 2.39 bits per heavy atom. The summed E-state index contributed by atoms with van der Waals surface area (Å²) < 4.78 is 0. The van der Waals surface area contributed by atoms with Gasteiger partial charge in [-0.2, -0.15) is 0 Å². The molecular formula is C13H18ClN3O. The second-order valence-electron chi connectivity index (χ2n) is 4.88. The van der Waals surface area contributed by atoms with Crippen molar-refractivity contribution in [3.63, 3.8) is 0 Å². The second-order valence-corrected chi connectivity index (χ2v) is 4.88. The Kier molecular flexibility index (Phi) is 4.09. The van der Waals surface area contributed by atoms with Gasteiger partial charge in [0.05, 0.1) is 0 Å². The Hall–Kier alpha value is -1.26. The molecule has 3 rings (SSSR count). The molecule has 2 atom stereocenters. The summed E-state index contributed by atoms with van der Waals surface area (Å²) in [6, 6.07) is 9.66. The van der Waals surface area contributed by atoms with Crippen LogP contribution in [-0.2, 0) is 0 Å². The van der Waals surface area contributed by atoms with E-state index in [0.29, 0.717) is 11.8 Å². The highest BCUT2D eigenvalue weighted by molar-refractivity contribution is 5.89. The van der Waals surface area contributed by atoms with Crippen LogP contribution < -0.4 is 10.6 Å². The number of hydrogen-bond acceptors (Lipinski definition) is 2. The number of halogens is 1. The van der Waals surface area contributed by atoms with Gasteiger partial charge in [-0.3, -0.25) is 0 Å². The van der Waals surface area contributed by atoms with Crippen molar-refractivity contribution in [3.05, 3.63) is 30.3 Å². The normalized spacial score (nSPS) is 25.4. The highest BCUT2D eigenvalue weighted by Crippen LogP contribution is 2.26. The number of benzene rings is 1. The SMILES string of the molecule is Cl.O=C(Nc1ccccc1)N1CC2CNCC2C1. The summed E-state index contributed by atoms with van der Waals surface area (Å²) in [5.74, 6) is 1.30. The molecule has 2 aliphatic rings. The monoisotopic (exact) mass is 267 g/mol. The summed E-state index contributed by atoms with van der Waals surface area (Å²) >= 11 is 0. The van der Waals surface area contributed by atoms with E-state index in [1.807, 2.05) is 35.2 Å². The molecule has 0 saturated carbocycles. The van der Waals surface area contributed by atoms with Crippen molar-refractivity contribution in [2.45, 2.75) is 0 Å². The minimum Gasteiger partial charge on any atom is -0.324 e. The van der Waals surface area contributed by atoms with Crippen LogP contribution in [0.4, 0.5) is 10.5 Å². The number of anilines is 1. The van der Waals surface area contributed by atoms with E-state index in [9.17, 15) is 4.79 Å². The van der Waals surface area contributed by atoms with Gasteiger partial charge in [0.25, 0.3) is 0 Å². The standard InChI is InChI=1S/C13H17N3O.ClH/c17-13(15-12-4-2-1-3-5-12)16-8-10-6-14-7-11(10)9-16;/h1-5,10-11,14H,6-9H2,(H,15,17);1H. The van der Waals surface area contributed by atoms with E-state index in [0.717, 1.165) is 31.9 Å². The van der Waals surface area contributed by atoms with E-state index in [1.54, 1.807) is 0 Å². The molecule has 0 radical (unpaired) electrons. The Morgan fingerprint density at radius 2 is 1.78 bits per heavy atom. The van der Waals surface area contributed by atoms with Crippen LogP contribution in [0.2, 0.25) is 0 Å². The van der Waals surface area contributed by atoms with Crippen LogP contribution >= 0.6 is 12.4 Å². The van der Waals surface area contributed by atoms with Gasteiger partial charge in [0.15, 0.2) is 0 Å². The van der Waals surface area contributed by atoms with Gasteiger partial charge in [0.1, 0.15) is 0 Å². The highest BCUT2D eigenvalue weighted by atomic mass is 35.5. The van der Waals surface area contributed by atoms with Gasteiger partial charge >= 0.3 is 6.03 Å². The number of para-hydroxylation sites is 1. The van der Waals surface area contributed by atoms with Crippen LogP contribution in [0.1, 0.15) is 0 Å². The van der Waals surface area contributed by atoms with E-state index >= 15 is 0 Å². The Balaban J connectivity index is 0.00000120. The first-order valence-corrected chi connectivity index (χ1v) is 6.14. The predicted octanol–water partition coefficient (Wildman–Crippen LogP) is 1.79. The van der Waals surface area contributed by atoms with Crippen molar-refractivity contribution in [2.24, 2.45) is 11.8 Å². The molecule has 0 aromatic heterocycles. The number of likely N-dealkylation sites (tertiary alicyclic amines) is 1. The van der Waals surface area contributed by atoms with Crippen LogP contribution in [0.5, 0.6) is 0 Å².